The molecule has 0 saturated carbocycles. The van der Waals surface area contributed by atoms with Crippen LogP contribution in [0.25, 0.3) is 0 Å². The fraction of sp³-hybridized carbons (Fsp3) is 0.400. The third-order valence-electron chi connectivity index (χ3n) is 2.43. The second-order valence-electron chi connectivity index (χ2n) is 3.40. The van der Waals surface area contributed by atoms with Gasteiger partial charge in [-0.3, -0.25) is 0 Å². The van der Waals surface area contributed by atoms with E-state index in [9.17, 15) is 0 Å². The molecule has 1 nitrogen and oxygen atoms in total. The molecule has 1 heterocycles. The number of benzene rings is 1. The Bertz CT molecular complexity index is 260. The number of likely N-dealkylation sites (N-methyl/N-ethyl adjacent to an activating group) is 1. The minimum atomic E-state index is 0. The van der Waals surface area contributed by atoms with Gasteiger partial charge in [-0.25, -0.2) is 0 Å². The number of fused-ring (bicyclic) bond motifs is 1. The summed E-state index contributed by atoms with van der Waals surface area (Å²) in [4.78, 5) is 1.63. The standard InChI is InChI=1S/C10H13N.HI/c1-11-7-6-9-4-2-3-5-10(9)8-11;/h2-5H,6-8H2,1H3;1H. The van der Waals surface area contributed by atoms with Crippen molar-refractivity contribution in [2.45, 2.75) is 13.0 Å². The molecule has 1 aromatic carbocycles. The number of halogens is 1. The molecule has 1 aliphatic rings. The van der Waals surface area contributed by atoms with E-state index < -0.39 is 0 Å². The Hall–Kier alpha value is -0.0900. The van der Waals surface area contributed by atoms with Crippen molar-refractivity contribution in [2.24, 2.45) is 0 Å². The Morgan fingerprint density at radius 2 is 1.83 bits per heavy atom. The molecule has 0 fully saturated rings. The summed E-state index contributed by atoms with van der Waals surface area (Å²) < 4.78 is 0. The van der Waals surface area contributed by atoms with Crippen LogP contribution < -0.4 is 28.9 Å². The SMILES string of the molecule is C[NH+]1CCc2ccccc2C1.[I-]. The molecule has 1 aliphatic heterocycles. The van der Waals surface area contributed by atoms with Gasteiger partial charge in [0.15, 0.2) is 0 Å². The highest BCUT2D eigenvalue weighted by molar-refractivity contribution is 5.27. The van der Waals surface area contributed by atoms with Crippen LogP contribution in [0.1, 0.15) is 11.1 Å². The molecule has 2 heteroatoms. The molecule has 1 unspecified atom stereocenters. The predicted molar refractivity (Wildman–Crippen MR) is 45.6 cm³/mol. The molecule has 1 aromatic rings. The monoisotopic (exact) mass is 275 g/mol. The first-order valence-electron chi connectivity index (χ1n) is 4.24. The summed E-state index contributed by atoms with van der Waals surface area (Å²) in [6.07, 6.45) is 1.25. The van der Waals surface area contributed by atoms with Gasteiger partial charge in [-0.2, -0.15) is 0 Å². The summed E-state index contributed by atoms with van der Waals surface area (Å²) in [5.74, 6) is 0. The minimum absolute atomic E-state index is 0. The highest BCUT2D eigenvalue weighted by Gasteiger charge is 2.13. The zero-order chi connectivity index (χ0) is 7.68. The Morgan fingerprint density at radius 1 is 1.17 bits per heavy atom. The lowest BCUT2D eigenvalue weighted by Crippen LogP contribution is -3.08. The topological polar surface area (TPSA) is 4.44 Å². The molecule has 0 amide bonds. The molecule has 0 radical (unpaired) electrons. The predicted octanol–water partition coefficient (Wildman–Crippen LogP) is -2.74. The van der Waals surface area contributed by atoms with Crippen molar-refractivity contribution in [3.8, 4) is 0 Å². The van der Waals surface area contributed by atoms with E-state index in [0.29, 0.717) is 0 Å². The van der Waals surface area contributed by atoms with Crippen molar-refractivity contribution in [2.75, 3.05) is 13.6 Å². The number of rotatable bonds is 0. The number of hydrogen-bond acceptors (Lipinski definition) is 0. The van der Waals surface area contributed by atoms with E-state index in [-0.39, 0.29) is 24.0 Å². The molecule has 66 valence electrons. The molecule has 0 spiro atoms. The minimum Gasteiger partial charge on any atom is -1.00 e. The number of quaternary nitrogens is 1. The Balaban J connectivity index is 0.000000720. The van der Waals surface area contributed by atoms with Crippen LogP contribution in [0.5, 0.6) is 0 Å². The van der Waals surface area contributed by atoms with Crippen LogP contribution in [0.4, 0.5) is 0 Å². The lowest BCUT2D eigenvalue weighted by atomic mass is 10.0. The van der Waals surface area contributed by atoms with Crippen molar-refractivity contribution < 1.29 is 28.9 Å². The van der Waals surface area contributed by atoms with Crippen LogP contribution in [0.15, 0.2) is 24.3 Å². The molecule has 2 rings (SSSR count). The van der Waals surface area contributed by atoms with E-state index in [1.165, 1.54) is 25.1 Å². The van der Waals surface area contributed by atoms with Gasteiger partial charge in [0.2, 0.25) is 0 Å². The smallest absolute Gasteiger partial charge is 0.103 e. The molecular weight excluding hydrogens is 261 g/mol. The molecule has 12 heavy (non-hydrogen) atoms. The normalized spacial score (nSPS) is 20.9. The van der Waals surface area contributed by atoms with Gasteiger partial charge in [-0.15, -0.1) is 0 Å². The van der Waals surface area contributed by atoms with Gasteiger partial charge in [0.1, 0.15) is 6.54 Å². The highest BCUT2D eigenvalue weighted by atomic mass is 127. The lowest BCUT2D eigenvalue weighted by molar-refractivity contribution is -0.895. The van der Waals surface area contributed by atoms with Crippen LogP contribution in [-0.2, 0) is 13.0 Å². The van der Waals surface area contributed by atoms with Crippen molar-refractivity contribution in [1.82, 2.24) is 0 Å². The van der Waals surface area contributed by atoms with Crippen molar-refractivity contribution in [3.63, 3.8) is 0 Å². The molecule has 0 aromatic heterocycles. The van der Waals surface area contributed by atoms with E-state index in [0.717, 1.165) is 0 Å². The zero-order valence-electron chi connectivity index (χ0n) is 7.31. The summed E-state index contributed by atoms with van der Waals surface area (Å²) in [5, 5.41) is 0. The number of nitrogens with one attached hydrogen (secondary N) is 1. The first-order valence-corrected chi connectivity index (χ1v) is 4.24. The maximum Gasteiger partial charge on any atom is 0.103 e. The fourth-order valence-corrected chi connectivity index (χ4v) is 1.74. The maximum atomic E-state index is 2.26. The average molecular weight is 275 g/mol. The van der Waals surface area contributed by atoms with Crippen molar-refractivity contribution in [3.05, 3.63) is 35.4 Å². The first-order chi connectivity index (χ1) is 5.36. The first kappa shape index (κ1) is 9.99. The third kappa shape index (κ3) is 1.98. The van der Waals surface area contributed by atoms with Crippen molar-refractivity contribution >= 4 is 0 Å². The Morgan fingerprint density at radius 3 is 2.58 bits per heavy atom. The van der Waals surface area contributed by atoms with Gasteiger partial charge in [0, 0.05) is 12.0 Å². The summed E-state index contributed by atoms with van der Waals surface area (Å²) in [6, 6.07) is 8.77. The average Bonchev–Trinajstić information content (AvgIpc) is 2.04. The number of hydrogen-bond donors (Lipinski definition) is 1. The van der Waals surface area contributed by atoms with Crippen LogP contribution >= 0.6 is 0 Å². The van der Waals surface area contributed by atoms with Gasteiger partial charge in [0.05, 0.1) is 13.6 Å². The van der Waals surface area contributed by atoms with Gasteiger partial charge in [-0.05, 0) is 5.56 Å². The summed E-state index contributed by atoms with van der Waals surface area (Å²) in [7, 11) is 2.26. The molecule has 0 bridgehead atoms. The van der Waals surface area contributed by atoms with E-state index in [1.807, 2.05) is 0 Å². The molecule has 0 saturated heterocycles. The van der Waals surface area contributed by atoms with E-state index in [1.54, 1.807) is 10.5 Å². The molecular formula is C10H14IN. The highest BCUT2D eigenvalue weighted by Crippen LogP contribution is 2.09. The Kier molecular flexibility index (Phi) is 3.53. The summed E-state index contributed by atoms with van der Waals surface area (Å²) in [6.45, 7) is 2.49. The quantitative estimate of drug-likeness (QED) is 0.490. The van der Waals surface area contributed by atoms with Crippen LogP contribution in [-0.4, -0.2) is 13.6 Å². The second kappa shape index (κ2) is 4.23. The van der Waals surface area contributed by atoms with E-state index >= 15 is 0 Å². The fourth-order valence-electron chi connectivity index (χ4n) is 1.74. The van der Waals surface area contributed by atoms with Gasteiger partial charge in [0.25, 0.3) is 0 Å². The van der Waals surface area contributed by atoms with Gasteiger partial charge in [-0.1, -0.05) is 24.3 Å². The summed E-state index contributed by atoms with van der Waals surface area (Å²) in [5.41, 5.74) is 3.09. The van der Waals surface area contributed by atoms with Crippen LogP contribution in [0.2, 0.25) is 0 Å². The van der Waals surface area contributed by atoms with Crippen LogP contribution in [0, 0.1) is 0 Å². The molecule has 0 aliphatic carbocycles. The van der Waals surface area contributed by atoms with E-state index in [2.05, 4.69) is 31.3 Å². The third-order valence-corrected chi connectivity index (χ3v) is 2.43. The van der Waals surface area contributed by atoms with E-state index in [4.69, 9.17) is 0 Å². The largest absolute Gasteiger partial charge is 1.00 e. The lowest BCUT2D eigenvalue weighted by Gasteiger charge is -2.21. The maximum absolute atomic E-state index is 2.26. The molecule has 1 N–H and O–H groups in total. The van der Waals surface area contributed by atoms with Crippen LogP contribution in [0.3, 0.4) is 0 Å². The van der Waals surface area contributed by atoms with Crippen molar-refractivity contribution in [1.29, 1.82) is 0 Å². The Labute approximate surface area is 90.8 Å². The van der Waals surface area contributed by atoms with Gasteiger partial charge < -0.3 is 28.9 Å². The zero-order valence-corrected chi connectivity index (χ0v) is 9.47. The van der Waals surface area contributed by atoms with Gasteiger partial charge >= 0.3 is 0 Å². The second-order valence-corrected chi connectivity index (χ2v) is 3.40. The summed E-state index contributed by atoms with van der Waals surface area (Å²) >= 11 is 0. The molecule has 1 atom stereocenters.